The molecular formula is C29H30N4O2. The molecule has 0 saturated heterocycles. The van der Waals surface area contributed by atoms with E-state index in [1.165, 1.54) is 5.56 Å². The normalized spacial score (nSPS) is 13.1. The number of benzene rings is 3. The van der Waals surface area contributed by atoms with E-state index >= 15 is 0 Å². The first-order valence-corrected chi connectivity index (χ1v) is 12.2. The van der Waals surface area contributed by atoms with Crippen LogP contribution in [0, 0.1) is 12.8 Å². The van der Waals surface area contributed by atoms with E-state index in [1.807, 2.05) is 60.5 Å². The highest BCUT2D eigenvalue weighted by Crippen LogP contribution is 2.31. The predicted octanol–water partition coefficient (Wildman–Crippen LogP) is 4.83. The van der Waals surface area contributed by atoms with Gasteiger partial charge in [0, 0.05) is 37.6 Å². The van der Waals surface area contributed by atoms with Crippen LogP contribution in [0.25, 0.3) is 22.0 Å². The van der Waals surface area contributed by atoms with Gasteiger partial charge in [0.25, 0.3) is 11.8 Å². The van der Waals surface area contributed by atoms with Crippen molar-refractivity contribution in [3.05, 3.63) is 89.6 Å². The Morgan fingerprint density at radius 2 is 1.71 bits per heavy atom. The Hall–Kier alpha value is -3.93. The number of rotatable bonds is 8. The molecular weight excluding hydrogens is 436 g/mol. The number of aromatic nitrogens is 2. The van der Waals surface area contributed by atoms with E-state index in [9.17, 15) is 9.59 Å². The van der Waals surface area contributed by atoms with Crippen molar-refractivity contribution in [2.75, 3.05) is 19.6 Å². The maximum Gasteiger partial charge on any atom is 0.272 e. The molecule has 6 heteroatoms. The lowest BCUT2D eigenvalue weighted by Gasteiger charge is -2.24. The molecule has 0 aliphatic heterocycles. The number of nitrogens with zero attached hydrogens (tertiary/aromatic N) is 3. The Bertz CT molecular complexity index is 1370. The minimum Gasteiger partial charge on any atom is -0.349 e. The highest BCUT2D eigenvalue weighted by molar-refractivity contribution is 6.05. The molecule has 1 aliphatic carbocycles. The SMILES string of the molecule is Cc1ccc(-c2ccccc2C(=O)N(CCNC(=O)c2nn(C)c3ccccc23)CC2CC2)cc1. The molecule has 0 bridgehead atoms. The zero-order valence-corrected chi connectivity index (χ0v) is 20.2. The molecule has 178 valence electrons. The Morgan fingerprint density at radius 1 is 1.00 bits per heavy atom. The third-order valence-electron chi connectivity index (χ3n) is 6.62. The number of amides is 2. The summed E-state index contributed by atoms with van der Waals surface area (Å²) < 4.78 is 1.72. The van der Waals surface area contributed by atoms with Crippen molar-refractivity contribution in [2.45, 2.75) is 19.8 Å². The fraction of sp³-hybridized carbons (Fsp3) is 0.276. The van der Waals surface area contributed by atoms with Crippen molar-refractivity contribution < 1.29 is 9.59 Å². The lowest BCUT2D eigenvalue weighted by Crippen LogP contribution is -2.40. The summed E-state index contributed by atoms with van der Waals surface area (Å²) >= 11 is 0. The van der Waals surface area contributed by atoms with E-state index < -0.39 is 0 Å². The molecule has 2 amide bonds. The molecule has 0 spiro atoms. The van der Waals surface area contributed by atoms with Crippen LogP contribution in [0.3, 0.4) is 0 Å². The van der Waals surface area contributed by atoms with Crippen LogP contribution in [0.2, 0.25) is 0 Å². The van der Waals surface area contributed by atoms with Gasteiger partial charge in [0.2, 0.25) is 0 Å². The number of hydrogen-bond acceptors (Lipinski definition) is 3. The zero-order chi connectivity index (χ0) is 24.4. The highest BCUT2D eigenvalue weighted by Gasteiger charge is 2.28. The van der Waals surface area contributed by atoms with Crippen LogP contribution in [-0.4, -0.2) is 46.1 Å². The third kappa shape index (κ3) is 4.97. The monoisotopic (exact) mass is 466 g/mol. The molecule has 0 atom stereocenters. The van der Waals surface area contributed by atoms with Crippen LogP contribution in [0.4, 0.5) is 0 Å². The molecule has 1 aliphatic rings. The van der Waals surface area contributed by atoms with E-state index in [0.717, 1.165) is 34.9 Å². The van der Waals surface area contributed by atoms with Crippen LogP contribution in [0.1, 0.15) is 39.3 Å². The molecule has 1 N–H and O–H groups in total. The Labute approximate surface area is 205 Å². The maximum absolute atomic E-state index is 13.7. The van der Waals surface area contributed by atoms with Gasteiger partial charge in [0.05, 0.1) is 5.52 Å². The first-order chi connectivity index (χ1) is 17.0. The molecule has 6 nitrogen and oxygen atoms in total. The summed E-state index contributed by atoms with van der Waals surface area (Å²) in [5, 5.41) is 8.21. The van der Waals surface area contributed by atoms with Crippen LogP contribution in [0.15, 0.2) is 72.8 Å². The molecule has 1 saturated carbocycles. The molecule has 4 aromatic rings. The van der Waals surface area contributed by atoms with Crippen LogP contribution in [-0.2, 0) is 7.05 Å². The van der Waals surface area contributed by atoms with E-state index in [4.69, 9.17) is 0 Å². The minimum atomic E-state index is -0.222. The number of hydrogen-bond donors (Lipinski definition) is 1. The summed E-state index contributed by atoms with van der Waals surface area (Å²) in [6.45, 7) is 3.59. The van der Waals surface area contributed by atoms with Crippen molar-refractivity contribution in [3.63, 3.8) is 0 Å². The number of carbonyl (C=O) groups is 2. The number of carbonyl (C=O) groups excluding carboxylic acids is 2. The van der Waals surface area contributed by atoms with Gasteiger partial charge < -0.3 is 10.2 Å². The second-order valence-corrected chi connectivity index (χ2v) is 9.35. The van der Waals surface area contributed by atoms with E-state index in [-0.39, 0.29) is 11.8 Å². The van der Waals surface area contributed by atoms with Gasteiger partial charge in [-0.15, -0.1) is 0 Å². The maximum atomic E-state index is 13.7. The molecule has 5 rings (SSSR count). The van der Waals surface area contributed by atoms with E-state index in [1.54, 1.807) is 4.68 Å². The molecule has 1 heterocycles. The topological polar surface area (TPSA) is 67.2 Å². The molecule has 1 fully saturated rings. The Kier molecular flexibility index (Phi) is 6.36. The summed E-state index contributed by atoms with van der Waals surface area (Å²) in [5.41, 5.74) is 5.16. The zero-order valence-electron chi connectivity index (χ0n) is 20.2. The van der Waals surface area contributed by atoms with Gasteiger partial charge in [0.15, 0.2) is 5.69 Å². The van der Waals surface area contributed by atoms with Gasteiger partial charge >= 0.3 is 0 Å². The van der Waals surface area contributed by atoms with Gasteiger partial charge in [-0.2, -0.15) is 5.10 Å². The predicted molar refractivity (Wildman–Crippen MR) is 138 cm³/mol. The highest BCUT2D eigenvalue weighted by atomic mass is 16.2. The van der Waals surface area contributed by atoms with Crippen molar-refractivity contribution in [1.29, 1.82) is 0 Å². The van der Waals surface area contributed by atoms with Gasteiger partial charge in [-0.05, 0) is 48.9 Å². The molecule has 1 aromatic heterocycles. The summed E-state index contributed by atoms with van der Waals surface area (Å²) in [6, 6.07) is 23.7. The quantitative estimate of drug-likeness (QED) is 0.404. The number of fused-ring (bicyclic) bond motifs is 1. The molecule has 3 aromatic carbocycles. The molecule has 0 radical (unpaired) electrons. The van der Waals surface area contributed by atoms with Crippen molar-refractivity contribution in [1.82, 2.24) is 20.0 Å². The summed E-state index contributed by atoms with van der Waals surface area (Å²) in [6.07, 6.45) is 2.30. The number of nitrogens with one attached hydrogen (secondary N) is 1. The lowest BCUT2D eigenvalue weighted by atomic mass is 9.98. The first kappa shape index (κ1) is 22.8. The van der Waals surface area contributed by atoms with Gasteiger partial charge in [-0.3, -0.25) is 14.3 Å². The van der Waals surface area contributed by atoms with Gasteiger partial charge in [0.1, 0.15) is 0 Å². The van der Waals surface area contributed by atoms with Gasteiger partial charge in [-0.1, -0.05) is 66.2 Å². The average molecular weight is 467 g/mol. The number of aryl methyl sites for hydroxylation is 2. The fourth-order valence-electron chi connectivity index (χ4n) is 4.48. The van der Waals surface area contributed by atoms with E-state index in [0.29, 0.717) is 36.8 Å². The first-order valence-electron chi connectivity index (χ1n) is 12.2. The fourth-order valence-corrected chi connectivity index (χ4v) is 4.48. The van der Waals surface area contributed by atoms with Crippen molar-refractivity contribution >= 4 is 22.7 Å². The summed E-state index contributed by atoms with van der Waals surface area (Å²) in [7, 11) is 1.83. The number of para-hydroxylation sites is 1. The largest absolute Gasteiger partial charge is 0.349 e. The van der Waals surface area contributed by atoms with E-state index in [2.05, 4.69) is 41.6 Å². The second-order valence-electron chi connectivity index (χ2n) is 9.35. The Balaban J connectivity index is 1.32. The molecule has 35 heavy (non-hydrogen) atoms. The third-order valence-corrected chi connectivity index (χ3v) is 6.62. The standard InChI is InChI=1S/C29H30N4O2/c1-20-11-15-22(16-12-20)23-7-3-4-8-24(23)29(35)33(19-21-13-14-21)18-17-30-28(34)27-25-9-5-6-10-26(25)32(2)31-27/h3-12,15-16,21H,13-14,17-19H2,1-2H3,(H,30,34). The minimum absolute atomic E-state index is 0.00519. The summed E-state index contributed by atoms with van der Waals surface area (Å²) in [4.78, 5) is 28.5. The van der Waals surface area contributed by atoms with Crippen LogP contribution >= 0.6 is 0 Å². The van der Waals surface area contributed by atoms with Crippen LogP contribution in [0.5, 0.6) is 0 Å². The van der Waals surface area contributed by atoms with Crippen molar-refractivity contribution in [2.24, 2.45) is 13.0 Å². The Morgan fingerprint density at radius 3 is 2.49 bits per heavy atom. The second kappa shape index (κ2) is 9.74. The van der Waals surface area contributed by atoms with Crippen molar-refractivity contribution in [3.8, 4) is 11.1 Å². The van der Waals surface area contributed by atoms with Gasteiger partial charge in [-0.25, -0.2) is 0 Å². The smallest absolute Gasteiger partial charge is 0.272 e. The van der Waals surface area contributed by atoms with Crippen LogP contribution < -0.4 is 5.32 Å². The average Bonchev–Trinajstić information content (AvgIpc) is 3.64. The molecule has 0 unspecified atom stereocenters. The summed E-state index contributed by atoms with van der Waals surface area (Å²) in [5.74, 6) is 0.326. The lowest BCUT2D eigenvalue weighted by molar-refractivity contribution is 0.0741.